The average molecular weight is 166 g/mol. The van der Waals surface area contributed by atoms with Crippen LogP contribution in [-0.4, -0.2) is 11.6 Å². The molecule has 0 N–H and O–H groups in total. The zero-order chi connectivity index (χ0) is 8.77. The summed E-state index contributed by atoms with van der Waals surface area (Å²) in [7, 11) is 0. The van der Waals surface area contributed by atoms with Crippen molar-refractivity contribution in [1.29, 1.82) is 0 Å². The Bertz CT molecular complexity index is 244. The molecule has 1 aliphatic carbocycles. The molecule has 2 fully saturated rings. The molecule has 0 spiro atoms. The third kappa shape index (κ3) is 0.904. The molecule has 66 valence electrons. The van der Waals surface area contributed by atoms with Crippen LogP contribution in [0.3, 0.4) is 0 Å². The van der Waals surface area contributed by atoms with Gasteiger partial charge in [-0.15, -0.1) is 0 Å². The van der Waals surface area contributed by atoms with E-state index in [4.69, 9.17) is 4.74 Å². The second-order valence-electron chi connectivity index (χ2n) is 4.03. The van der Waals surface area contributed by atoms with E-state index in [1.54, 1.807) is 0 Å². The van der Waals surface area contributed by atoms with Crippen LogP contribution in [0.1, 0.15) is 32.6 Å². The zero-order valence-corrected chi connectivity index (χ0v) is 7.43. The Kier molecular flexibility index (Phi) is 1.53. The van der Waals surface area contributed by atoms with Crippen LogP contribution in [0.4, 0.5) is 0 Å². The standard InChI is InChI=1S/C10H14O2/c1-7-8-5-3-4-6-10(8,2)12-9(7)11/h8H,1,3-6H2,2H3. The summed E-state index contributed by atoms with van der Waals surface area (Å²) in [6, 6.07) is 0. The third-order valence-electron chi connectivity index (χ3n) is 3.16. The molecule has 0 aromatic rings. The highest BCUT2D eigenvalue weighted by atomic mass is 16.6. The van der Waals surface area contributed by atoms with E-state index < -0.39 is 0 Å². The van der Waals surface area contributed by atoms with Gasteiger partial charge >= 0.3 is 5.97 Å². The lowest BCUT2D eigenvalue weighted by Gasteiger charge is -2.33. The van der Waals surface area contributed by atoms with Crippen LogP contribution in [0.5, 0.6) is 0 Å². The summed E-state index contributed by atoms with van der Waals surface area (Å²) in [5.41, 5.74) is 0.476. The van der Waals surface area contributed by atoms with Gasteiger partial charge in [0.25, 0.3) is 0 Å². The molecular weight excluding hydrogens is 152 g/mol. The van der Waals surface area contributed by atoms with E-state index in [9.17, 15) is 4.79 Å². The van der Waals surface area contributed by atoms with Gasteiger partial charge in [0.1, 0.15) is 5.60 Å². The van der Waals surface area contributed by atoms with Crippen LogP contribution in [0.25, 0.3) is 0 Å². The molecule has 2 nitrogen and oxygen atoms in total. The molecule has 2 unspecified atom stereocenters. The summed E-state index contributed by atoms with van der Waals surface area (Å²) in [6.07, 6.45) is 4.45. The molecule has 1 aliphatic heterocycles. The highest BCUT2D eigenvalue weighted by Gasteiger charge is 2.49. The minimum absolute atomic E-state index is 0.176. The van der Waals surface area contributed by atoms with Crippen molar-refractivity contribution < 1.29 is 9.53 Å². The highest BCUT2D eigenvalue weighted by Crippen LogP contribution is 2.45. The molecule has 1 heterocycles. The number of carbonyl (C=O) groups is 1. The Morgan fingerprint density at radius 2 is 2.33 bits per heavy atom. The molecule has 2 rings (SSSR count). The number of ether oxygens (including phenoxy) is 1. The third-order valence-corrected chi connectivity index (χ3v) is 3.16. The van der Waals surface area contributed by atoms with Gasteiger partial charge in [0.2, 0.25) is 0 Å². The van der Waals surface area contributed by atoms with Gasteiger partial charge in [0.15, 0.2) is 0 Å². The van der Waals surface area contributed by atoms with E-state index in [1.165, 1.54) is 12.8 Å². The van der Waals surface area contributed by atoms with Crippen molar-refractivity contribution in [2.45, 2.75) is 38.2 Å². The molecule has 1 saturated carbocycles. The zero-order valence-electron chi connectivity index (χ0n) is 7.43. The molecular formula is C10H14O2. The van der Waals surface area contributed by atoms with Gasteiger partial charge in [-0.05, 0) is 26.2 Å². The minimum atomic E-state index is -0.216. The topological polar surface area (TPSA) is 26.3 Å². The lowest BCUT2D eigenvalue weighted by Crippen LogP contribution is -2.34. The molecule has 0 aromatic heterocycles. The van der Waals surface area contributed by atoms with Crippen LogP contribution in [0.15, 0.2) is 12.2 Å². The first-order chi connectivity index (χ1) is 5.63. The summed E-state index contributed by atoms with van der Waals surface area (Å²) in [5.74, 6) is 0.114. The Labute approximate surface area is 72.6 Å². The fourth-order valence-corrected chi connectivity index (χ4v) is 2.39. The molecule has 2 atom stereocenters. The van der Waals surface area contributed by atoms with E-state index in [0.717, 1.165) is 12.8 Å². The van der Waals surface area contributed by atoms with Crippen molar-refractivity contribution in [2.75, 3.05) is 0 Å². The first-order valence-electron chi connectivity index (χ1n) is 4.56. The van der Waals surface area contributed by atoms with Crippen molar-refractivity contribution in [3.05, 3.63) is 12.2 Å². The van der Waals surface area contributed by atoms with Crippen molar-refractivity contribution in [3.8, 4) is 0 Å². The van der Waals surface area contributed by atoms with E-state index in [1.807, 2.05) is 6.92 Å². The summed E-state index contributed by atoms with van der Waals surface area (Å²) < 4.78 is 5.33. The summed E-state index contributed by atoms with van der Waals surface area (Å²) in [4.78, 5) is 11.2. The maximum atomic E-state index is 11.2. The average Bonchev–Trinajstić information content (AvgIpc) is 2.24. The molecule has 2 heteroatoms. The largest absolute Gasteiger partial charge is 0.455 e. The molecule has 0 amide bonds. The molecule has 0 bridgehead atoms. The maximum Gasteiger partial charge on any atom is 0.334 e. The second kappa shape index (κ2) is 2.35. The van der Waals surface area contributed by atoms with Crippen LogP contribution >= 0.6 is 0 Å². The van der Waals surface area contributed by atoms with Gasteiger partial charge in [-0.2, -0.15) is 0 Å². The summed E-state index contributed by atoms with van der Waals surface area (Å²) >= 11 is 0. The van der Waals surface area contributed by atoms with E-state index in [0.29, 0.717) is 11.5 Å². The number of esters is 1. The number of fused-ring (bicyclic) bond motifs is 1. The fraction of sp³-hybridized carbons (Fsp3) is 0.700. The SMILES string of the molecule is C=C1C(=O)OC2(C)CCCCC12. The second-order valence-corrected chi connectivity index (χ2v) is 4.03. The Balaban J connectivity index is 2.30. The van der Waals surface area contributed by atoms with Crippen LogP contribution in [0.2, 0.25) is 0 Å². The van der Waals surface area contributed by atoms with E-state index in [2.05, 4.69) is 6.58 Å². The maximum absolute atomic E-state index is 11.2. The van der Waals surface area contributed by atoms with Crippen molar-refractivity contribution in [3.63, 3.8) is 0 Å². The normalized spacial score (nSPS) is 40.9. The molecule has 0 radical (unpaired) electrons. The molecule has 2 aliphatic rings. The number of hydrogen-bond acceptors (Lipinski definition) is 2. The quantitative estimate of drug-likeness (QED) is 0.406. The van der Waals surface area contributed by atoms with Gasteiger partial charge in [-0.1, -0.05) is 13.0 Å². The number of rotatable bonds is 0. The Morgan fingerprint density at radius 1 is 1.58 bits per heavy atom. The fourth-order valence-electron chi connectivity index (χ4n) is 2.39. The van der Waals surface area contributed by atoms with E-state index >= 15 is 0 Å². The smallest absolute Gasteiger partial charge is 0.334 e. The summed E-state index contributed by atoms with van der Waals surface area (Å²) in [5, 5.41) is 0. The van der Waals surface area contributed by atoms with Crippen molar-refractivity contribution >= 4 is 5.97 Å². The lowest BCUT2D eigenvalue weighted by molar-refractivity contribution is -0.148. The van der Waals surface area contributed by atoms with Gasteiger partial charge < -0.3 is 4.74 Å². The first kappa shape index (κ1) is 7.84. The van der Waals surface area contributed by atoms with Gasteiger partial charge in [0.05, 0.1) is 0 Å². The monoisotopic (exact) mass is 166 g/mol. The van der Waals surface area contributed by atoms with Crippen molar-refractivity contribution in [2.24, 2.45) is 5.92 Å². The molecule has 12 heavy (non-hydrogen) atoms. The molecule has 0 aromatic carbocycles. The van der Waals surface area contributed by atoms with Crippen LogP contribution in [-0.2, 0) is 9.53 Å². The number of carbonyl (C=O) groups excluding carboxylic acids is 1. The van der Waals surface area contributed by atoms with E-state index in [-0.39, 0.29) is 11.6 Å². The summed E-state index contributed by atoms with van der Waals surface area (Å²) in [6.45, 7) is 5.82. The van der Waals surface area contributed by atoms with Gasteiger partial charge in [0, 0.05) is 11.5 Å². The number of hydrogen-bond donors (Lipinski definition) is 0. The van der Waals surface area contributed by atoms with Crippen LogP contribution < -0.4 is 0 Å². The first-order valence-corrected chi connectivity index (χ1v) is 4.56. The Hall–Kier alpha value is -0.790. The molecule has 1 saturated heterocycles. The van der Waals surface area contributed by atoms with Gasteiger partial charge in [-0.3, -0.25) is 0 Å². The predicted molar refractivity (Wildman–Crippen MR) is 45.6 cm³/mol. The Morgan fingerprint density at radius 3 is 3.00 bits per heavy atom. The lowest BCUT2D eigenvalue weighted by atomic mass is 9.75. The van der Waals surface area contributed by atoms with Crippen molar-refractivity contribution in [1.82, 2.24) is 0 Å². The van der Waals surface area contributed by atoms with Gasteiger partial charge in [-0.25, -0.2) is 4.79 Å². The minimum Gasteiger partial charge on any atom is -0.455 e. The highest BCUT2D eigenvalue weighted by molar-refractivity contribution is 5.91. The predicted octanol–water partition coefficient (Wildman–Crippen LogP) is 2.05. The van der Waals surface area contributed by atoms with Crippen LogP contribution in [0, 0.1) is 5.92 Å².